The van der Waals surface area contributed by atoms with E-state index in [1.54, 1.807) is 19.1 Å². The van der Waals surface area contributed by atoms with Crippen LogP contribution < -0.4 is 16.4 Å². The fraction of sp³-hybridized carbons (Fsp3) is 0.176. The molecule has 2 aromatic rings. The molecule has 2 rings (SSSR count). The highest BCUT2D eigenvalue weighted by molar-refractivity contribution is 6.30. The monoisotopic (exact) mass is 331 g/mol. The van der Waals surface area contributed by atoms with E-state index in [1.165, 1.54) is 0 Å². The first-order valence-electron chi connectivity index (χ1n) is 7.14. The van der Waals surface area contributed by atoms with Crippen molar-refractivity contribution >= 4 is 23.5 Å². The molecule has 5 nitrogen and oxygen atoms in total. The molecule has 0 fully saturated rings. The number of benzene rings is 2. The molecule has 6 heteroatoms. The Morgan fingerprint density at radius 1 is 0.957 bits per heavy atom. The largest absolute Gasteiger partial charge is 0.352 e. The quantitative estimate of drug-likeness (QED) is 0.786. The van der Waals surface area contributed by atoms with Gasteiger partial charge in [0, 0.05) is 5.02 Å². The van der Waals surface area contributed by atoms with Gasteiger partial charge < -0.3 is 16.4 Å². The summed E-state index contributed by atoms with van der Waals surface area (Å²) < 4.78 is 0. The van der Waals surface area contributed by atoms with Gasteiger partial charge in [-0.3, -0.25) is 4.79 Å². The van der Waals surface area contributed by atoms with Crippen LogP contribution in [0, 0.1) is 0 Å². The molecule has 0 aromatic heterocycles. The molecular weight excluding hydrogens is 314 g/mol. The first-order valence-corrected chi connectivity index (χ1v) is 7.52. The Morgan fingerprint density at radius 2 is 1.52 bits per heavy atom. The Morgan fingerprint density at radius 3 is 2.09 bits per heavy atom. The second-order valence-corrected chi connectivity index (χ2v) is 5.57. The van der Waals surface area contributed by atoms with Crippen LogP contribution >= 0.6 is 11.6 Å². The lowest BCUT2D eigenvalue weighted by molar-refractivity contribution is -0.123. The van der Waals surface area contributed by atoms with Crippen molar-refractivity contribution in [1.29, 1.82) is 0 Å². The fourth-order valence-electron chi connectivity index (χ4n) is 2.21. The van der Waals surface area contributed by atoms with Crippen molar-refractivity contribution in [3.63, 3.8) is 0 Å². The van der Waals surface area contributed by atoms with Gasteiger partial charge in [0.15, 0.2) is 0 Å². The van der Waals surface area contributed by atoms with Crippen LogP contribution in [0.25, 0.3) is 0 Å². The smallest absolute Gasteiger partial charge is 0.312 e. The maximum Gasteiger partial charge on any atom is 0.312 e. The predicted molar refractivity (Wildman–Crippen MR) is 90.1 cm³/mol. The minimum Gasteiger partial charge on any atom is -0.352 e. The third-order valence-corrected chi connectivity index (χ3v) is 3.63. The van der Waals surface area contributed by atoms with E-state index in [0.29, 0.717) is 5.02 Å². The van der Waals surface area contributed by atoms with Crippen molar-refractivity contribution in [2.24, 2.45) is 5.73 Å². The van der Waals surface area contributed by atoms with Crippen molar-refractivity contribution in [2.45, 2.75) is 19.0 Å². The molecule has 0 unspecified atom stereocenters. The summed E-state index contributed by atoms with van der Waals surface area (Å²) in [6.45, 7) is 1.57. The summed E-state index contributed by atoms with van der Waals surface area (Å²) in [4.78, 5) is 23.2. The lowest BCUT2D eigenvalue weighted by atomic mass is 9.98. The van der Waals surface area contributed by atoms with Crippen molar-refractivity contribution in [1.82, 2.24) is 10.6 Å². The summed E-state index contributed by atoms with van der Waals surface area (Å²) in [6.07, 6.45) is 0. The van der Waals surface area contributed by atoms with Crippen molar-refractivity contribution in [2.75, 3.05) is 0 Å². The minimum absolute atomic E-state index is 0.326. The number of amides is 3. The number of hydrogen-bond acceptors (Lipinski definition) is 2. The summed E-state index contributed by atoms with van der Waals surface area (Å²) in [7, 11) is 0. The Labute approximate surface area is 139 Å². The topological polar surface area (TPSA) is 84.2 Å². The molecule has 4 N–H and O–H groups in total. The first kappa shape index (κ1) is 16.8. The Kier molecular flexibility index (Phi) is 5.60. The lowest BCUT2D eigenvalue weighted by Gasteiger charge is -2.22. The summed E-state index contributed by atoms with van der Waals surface area (Å²) in [6, 6.07) is 15.0. The number of hydrogen-bond donors (Lipinski definition) is 3. The molecule has 0 aliphatic rings. The molecule has 0 aliphatic heterocycles. The molecule has 0 bridgehead atoms. The van der Waals surface area contributed by atoms with Gasteiger partial charge in [0.25, 0.3) is 0 Å². The molecule has 0 saturated heterocycles. The normalized spacial score (nSPS) is 13.0. The molecule has 0 aliphatic carbocycles. The average molecular weight is 332 g/mol. The van der Waals surface area contributed by atoms with E-state index >= 15 is 0 Å². The van der Waals surface area contributed by atoms with Gasteiger partial charge in [0.2, 0.25) is 5.91 Å². The number of halogens is 1. The molecule has 0 saturated carbocycles. The summed E-state index contributed by atoms with van der Waals surface area (Å²) in [5.41, 5.74) is 6.87. The van der Waals surface area contributed by atoms with Gasteiger partial charge in [-0.05, 0) is 30.2 Å². The van der Waals surface area contributed by atoms with Gasteiger partial charge >= 0.3 is 6.03 Å². The van der Waals surface area contributed by atoms with Crippen LogP contribution in [0.3, 0.4) is 0 Å². The minimum atomic E-state index is -0.740. The second-order valence-electron chi connectivity index (χ2n) is 5.13. The summed E-state index contributed by atoms with van der Waals surface area (Å²) >= 11 is 5.93. The molecule has 120 valence electrons. The van der Waals surface area contributed by atoms with Crippen molar-refractivity contribution in [3.05, 3.63) is 70.7 Å². The number of rotatable bonds is 5. The first-order chi connectivity index (χ1) is 11.0. The van der Waals surface area contributed by atoms with Crippen molar-refractivity contribution < 1.29 is 9.59 Å². The molecular formula is C17H18ClN3O2. The van der Waals surface area contributed by atoms with E-state index < -0.39 is 12.1 Å². The van der Waals surface area contributed by atoms with Crippen LogP contribution in [0.1, 0.15) is 24.1 Å². The summed E-state index contributed by atoms with van der Waals surface area (Å²) in [5.74, 6) is -0.326. The predicted octanol–water partition coefficient (Wildman–Crippen LogP) is 2.60. The number of primary amides is 1. The summed E-state index contributed by atoms with van der Waals surface area (Å²) in [5, 5.41) is 5.91. The lowest BCUT2D eigenvalue weighted by Crippen LogP contribution is -2.47. The van der Waals surface area contributed by atoms with E-state index in [-0.39, 0.29) is 11.9 Å². The van der Waals surface area contributed by atoms with Gasteiger partial charge in [-0.15, -0.1) is 0 Å². The van der Waals surface area contributed by atoms with Crippen LogP contribution in [0.2, 0.25) is 5.02 Å². The molecule has 3 amide bonds. The van der Waals surface area contributed by atoms with Gasteiger partial charge in [-0.1, -0.05) is 54.1 Å². The van der Waals surface area contributed by atoms with E-state index in [0.717, 1.165) is 11.1 Å². The maximum atomic E-state index is 12.3. The van der Waals surface area contributed by atoms with E-state index in [9.17, 15) is 9.59 Å². The van der Waals surface area contributed by atoms with E-state index in [1.807, 2.05) is 42.5 Å². The van der Waals surface area contributed by atoms with Crippen LogP contribution in [-0.2, 0) is 4.79 Å². The molecule has 2 aromatic carbocycles. The fourth-order valence-corrected chi connectivity index (χ4v) is 2.33. The Balaban J connectivity index is 2.26. The number of nitrogens with two attached hydrogens (primary N) is 1. The number of carbonyl (C=O) groups excluding carboxylic acids is 2. The van der Waals surface area contributed by atoms with Gasteiger partial charge in [0.05, 0.1) is 6.04 Å². The molecule has 0 heterocycles. The van der Waals surface area contributed by atoms with Crippen LogP contribution in [0.4, 0.5) is 4.79 Å². The number of urea groups is 1. The second kappa shape index (κ2) is 7.65. The zero-order valence-electron chi connectivity index (χ0n) is 12.6. The Bertz CT molecular complexity index is 674. The van der Waals surface area contributed by atoms with Gasteiger partial charge in [-0.2, -0.15) is 0 Å². The number of nitrogens with one attached hydrogen (secondary N) is 2. The van der Waals surface area contributed by atoms with Crippen LogP contribution in [0.5, 0.6) is 0 Å². The molecule has 0 spiro atoms. The molecule has 0 radical (unpaired) electrons. The third kappa shape index (κ3) is 4.72. The third-order valence-electron chi connectivity index (χ3n) is 3.37. The van der Waals surface area contributed by atoms with E-state index in [4.69, 9.17) is 17.3 Å². The standard InChI is InChI=1S/C17H18ClN3O2/c1-11(20-17(19)23)16(22)21-15(12-5-3-2-4-6-12)13-7-9-14(18)10-8-13/h2-11,15H,1H3,(H,21,22)(H3,19,20,23)/t11-,15+/m1/s1. The average Bonchev–Trinajstić information content (AvgIpc) is 2.53. The highest BCUT2D eigenvalue weighted by Gasteiger charge is 2.21. The molecule has 2 atom stereocenters. The highest BCUT2D eigenvalue weighted by atomic mass is 35.5. The van der Waals surface area contributed by atoms with Crippen LogP contribution in [0.15, 0.2) is 54.6 Å². The zero-order chi connectivity index (χ0) is 16.8. The van der Waals surface area contributed by atoms with Gasteiger partial charge in [-0.25, -0.2) is 4.79 Å². The van der Waals surface area contributed by atoms with Gasteiger partial charge in [0.1, 0.15) is 6.04 Å². The number of carbonyl (C=O) groups is 2. The highest BCUT2D eigenvalue weighted by Crippen LogP contribution is 2.23. The van der Waals surface area contributed by atoms with Crippen LogP contribution in [-0.4, -0.2) is 18.0 Å². The molecule has 23 heavy (non-hydrogen) atoms. The maximum absolute atomic E-state index is 12.3. The zero-order valence-corrected chi connectivity index (χ0v) is 13.4. The SMILES string of the molecule is C[C@@H](NC(N)=O)C(=O)N[C@@H](c1ccccc1)c1ccc(Cl)cc1. The Hall–Kier alpha value is -2.53. The van der Waals surface area contributed by atoms with E-state index in [2.05, 4.69) is 10.6 Å². The van der Waals surface area contributed by atoms with Crippen molar-refractivity contribution in [3.8, 4) is 0 Å².